The summed E-state index contributed by atoms with van der Waals surface area (Å²) < 4.78 is 22.2. The number of para-hydroxylation sites is 2. The van der Waals surface area contributed by atoms with E-state index in [2.05, 4.69) is 15.3 Å². The zero-order chi connectivity index (χ0) is 15.9. The van der Waals surface area contributed by atoms with Crippen LogP contribution in [0.3, 0.4) is 0 Å². The second-order valence-electron chi connectivity index (χ2n) is 6.08. The van der Waals surface area contributed by atoms with Crippen LogP contribution in [0.5, 0.6) is 11.5 Å². The van der Waals surface area contributed by atoms with Gasteiger partial charge in [-0.05, 0) is 25.0 Å². The molecule has 3 aromatic rings. The lowest BCUT2D eigenvalue weighted by atomic mass is 10.2. The maximum atomic E-state index is 5.88. The number of nitrogens with zero attached hydrogens (tertiary/aromatic N) is 3. The van der Waals surface area contributed by atoms with E-state index in [1.807, 2.05) is 30.3 Å². The molecule has 0 radical (unpaired) electrons. The summed E-state index contributed by atoms with van der Waals surface area (Å²) >= 11 is 0. The third-order valence-electron chi connectivity index (χ3n) is 4.18. The summed E-state index contributed by atoms with van der Waals surface area (Å²) in [5.41, 5.74) is 1.02. The van der Waals surface area contributed by atoms with Gasteiger partial charge in [0.05, 0.1) is 12.1 Å². The average molecular weight is 325 g/mol. The van der Waals surface area contributed by atoms with Crippen LogP contribution in [0.25, 0.3) is 0 Å². The fourth-order valence-corrected chi connectivity index (χ4v) is 2.75. The Labute approximate surface area is 137 Å². The zero-order valence-electron chi connectivity index (χ0n) is 12.8. The minimum Gasteiger partial charge on any atom is -0.485 e. The standard InChI is InChI=1S/C17H15N3O4/c1-2-4-14-13(3-1)21-9-15(22-14)17-18-16(24-20-17)8-11-7-12(19-23-11)10-5-6-10/h1-4,7,10,15H,5-6,8-9H2. The van der Waals surface area contributed by atoms with Crippen LogP contribution in [0.15, 0.2) is 39.4 Å². The van der Waals surface area contributed by atoms with E-state index in [4.69, 9.17) is 18.5 Å². The Morgan fingerprint density at radius 2 is 1.92 bits per heavy atom. The van der Waals surface area contributed by atoms with Crippen LogP contribution in [0.1, 0.15) is 48.0 Å². The first-order valence-electron chi connectivity index (χ1n) is 8.01. The van der Waals surface area contributed by atoms with E-state index in [-0.39, 0.29) is 6.10 Å². The molecule has 2 aromatic heterocycles. The van der Waals surface area contributed by atoms with Crippen molar-refractivity contribution in [3.8, 4) is 11.5 Å². The number of fused-ring (bicyclic) bond motifs is 1. The Morgan fingerprint density at radius 1 is 1.04 bits per heavy atom. The van der Waals surface area contributed by atoms with Crippen LogP contribution in [-0.4, -0.2) is 21.9 Å². The van der Waals surface area contributed by atoms with Gasteiger partial charge in [-0.1, -0.05) is 22.4 Å². The molecule has 0 bridgehead atoms. The number of hydrogen-bond acceptors (Lipinski definition) is 7. The van der Waals surface area contributed by atoms with Gasteiger partial charge in [0.25, 0.3) is 0 Å². The van der Waals surface area contributed by atoms with E-state index in [1.54, 1.807) is 0 Å². The van der Waals surface area contributed by atoms with Crippen molar-refractivity contribution < 1.29 is 18.5 Å². The largest absolute Gasteiger partial charge is 0.485 e. The monoisotopic (exact) mass is 325 g/mol. The van der Waals surface area contributed by atoms with Gasteiger partial charge < -0.3 is 18.5 Å². The lowest BCUT2D eigenvalue weighted by molar-refractivity contribution is 0.0832. The summed E-state index contributed by atoms with van der Waals surface area (Å²) in [6.07, 6.45) is 2.43. The van der Waals surface area contributed by atoms with Gasteiger partial charge in [0.2, 0.25) is 11.7 Å². The molecule has 122 valence electrons. The third kappa shape index (κ3) is 2.51. The first kappa shape index (κ1) is 13.6. The predicted octanol–water partition coefficient (Wildman–Crippen LogP) is 3.04. The van der Waals surface area contributed by atoms with Crippen LogP contribution in [-0.2, 0) is 6.42 Å². The molecule has 1 aromatic carbocycles. The van der Waals surface area contributed by atoms with Crippen LogP contribution < -0.4 is 9.47 Å². The average Bonchev–Trinajstić information content (AvgIpc) is 3.19. The summed E-state index contributed by atoms with van der Waals surface area (Å²) in [5.74, 6) is 3.66. The molecule has 0 saturated heterocycles. The van der Waals surface area contributed by atoms with Gasteiger partial charge >= 0.3 is 0 Å². The van der Waals surface area contributed by atoms with Gasteiger partial charge in [0.1, 0.15) is 12.4 Å². The molecule has 1 saturated carbocycles. The zero-order valence-corrected chi connectivity index (χ0v) is 12.8. The molecule has 0 N–H and O–H groups in total. The second-order valence-corrected chi connectivity index (χ2v) is 6.08. The highest BCUT2D eigenvalue weighted by Gasteiger charge is 2.29. The molecule has 5 rings (SSSR count). The first-order valence-corrected chi connectivity index (χ1v) is 8.01. The van der Waals surface area contributed by atoms with Crippen LogP contribution >= 0.6 is 0 Å². The van der Waals surface area contributed by atoms with Crippen LogP contribution in [0.4, 0.5) is 0 Å². The van der Waals surface area contributed by atoms with E-state index in [0.29, 0.717) is 36.4 Å². The lowest BCUT2D eigenvalue weighted by Crippen LogP contribution is -2.22. The second kappa shape index (κ2) is 5.36. The quantitative estimate of drug-likeness (QED) is 0.729. The molecular weight excluding hydrogens is 310 g/mol. The maximum Gasteiger partial charge on any atom is 0.234 e. The van der Waals surface area contributed by atoms with Crippen molar-refractivity contribution in [3.05, 3.63) is 53.5 Å². The summed E-state index contributed by atoms with van der Waals surface area (Å²) in [5, 5.41) is 8.10. The Bertz CT molecular complexity index is 868. The molecule has 0 amide bonds. The van der Waals surface area contributed by atoms with Gasteiger partial charge in [-0.2, -0.15) is 4.98 Å². The topological polar surface area (TPSA) is 83.4 Å². The minimum absolute atomic E-state index is 0.351. The van der Waals surface area contributed by atoms with Crippen molar-refractivity contribution in [2.24, 2.45) is 0 Å². The normalized spacial score (nSPS) is 19.4. The molecule has 1 aliphatic heterocycles. The van der Waals surface area contributed by atoms with Crippen molar-refractivity contribution in [1.82, 2.24) is 15.3 Å². The van der Waals surface area contributed by atoms with Gasteiger partial charge in [0.15, 0.2) is 17.6 Å². The molecule has 3 heterocycles. The number of aromatic nitrogens is 3. The van der Waals surface area contributed by atoms with Gasteiger partial charge in [-0.3, -0.25) is 0 Å². The Balaban J connectivity index is 1.30. The predicted molar refractivity (Wildman–Crippen MR) is 80.9 cm³/mol. The van der Waals surface area contributed by atoms with E-state index in [9.17, 15) is 0 Å². The minimum atomic E-state index is -0.380. The molecular formula is C17H15N3O4. The number of rotatable bonds is 4. The molecule has 1 unspecified atom stereocenters. The third-order valence-corrected chi connectivity index (χ3v) is 4.18. The van der Waals surface area contributed by atoms with Crippen LogP contribution in [0, 0.1) is 0 Å². The van der Waals surface area contributed by atoms with Crippen molar-refractivity contribution >= 4 is 0 Å². The maximum absolute atomic E-state index is 5.88. The summed E-state index contributed by atoms with van der Waals surface area (Å²) in [7, 11) is 0. The fraction of sp³-hybridized carbons (Fsp3) is 0.353. The van der Waals surface area contributed by atoms with Gasteiger partial charge in [0, 0.05) is 12.0 Å². The molecule has 0 spiro atoms. The number of ether oxygens (including phenoxy) is 2. The Hall–Kier alpha value is -2.83. The highest BCUT2D eigenvalue weighted by atomic mass is 16.6. The van der Waals surface area contributed by atoms with Gasteiger partial charge in [-0.15, -0.1) is 0 Å². The van der Waals surface area contributed by atoms with Gasteiger partial charge in [-0.25, -0.2) is 0 Å². The van der Waals surface area contributed by atoms with Crippen LogP contribution in [0.2, 0.25) is 0 Å². The van der Waals surface area contributed by atoms with Crippen molar-refractivity contribution in [1.29, 1.82) is 0 Å². The molecule has 1 aliphatic carbocycles. The first-order chi connectivity index (χ1) is 11.8. The molecule has 7 nitrogen and oxygen atoms in total. The number of benzene rings is 1. The highest BCUT2D eigenvalue weighted by Crippen LogP contribution is 2.39. The summed E-state index contributed by atoms with van der Waals surface area (Å²) in [6.45, 7) is 0.351. The van der Waals surface area contributed by atoms with E-state index in [1.165, 1.54) is 12.8 Å². The molecule has 1 atom stereocenters. The Morgan fingerprint density at radius 3 is 2.79 bits per heavy atom. The van der Waals surface area contributed by atoms with E-state index < -0.39 is 0 Å². The SMILES string of the molecule is c1ccc2c(c1)OCC(c1noc(Cc3cc(C4CC4)no3)n1)O2. The van der Waals surface area contributed by atoms with Crippen molar-refractivity contribution in [3.63, 3.8) is 0 Å². The smallest absolute Gasteiger partial charge is 0.234 e. The molecule has 1 fully saturated rings. The Kier molecular flexibility index (Phi) is 3.04. The molecule has 7 heteroatoms. The molecule has 24 heavy (non-hydrogen) atoms. The highest BCUT2D eigenvalue weighted by molar-refractivity contribution is 5.40. The summed E-state index contributed by atoms with van der Waals surface area (Å²) in [6, 6.07) is 9.50. The van der Waals surface area contributed by atoms with E-state index in [0.717, 1.165) is 17.2 Å². The lowest BCUT2D eigenvalue weighted by Gasteiger charge is -2.24. The van der Waals surface area contributed by atoms with Crippen molar-refractivity contribution in [2.75, 3.05) is 6.61 Å². The van der Waals surface area contributed by atoms with E-state index >= 15 is 0 Å². The van der Waals surface area contributed by atoms with Crippen molar-refractivity contribution in [2.45, 2.75) is 31.3 Å². The number of hydrogen-bond donors (Lipinski definition) is 0. The fourth-order valence-electron chi connectivity index (χ4n) is 2.75. The molecule has 2 aliphatic rings. The summed E-state index contributed by atoms with van der Waals surface area (Å²) in [4.78, 5) is 4.40.